The van der Waals surface area contributed by atoms with E-state index >= 15 is 0 Å². The lowest BCUT2D eigenvalue weighted by Crippen LogP contribution is -2.47. The number of amides is 2. The van der Waals surface area contributed by atoms with Gasteiger partial charge in [-0.1, -0.05) is 20.5 Å². The lowest BCUT2D eigenvalue weighted by molar-refractivity contribution is -0.127. The van der Waals surface area contributed by atoms with Gasteiger partial charge in [-0.05, 0) is 35.0 Å². The van der Waals surface area contributed by atoms with Crippen molar-refractivity contribution < 1.29 is 76.0 Å². The number of hydrogen-bond acceptors (Lipinski definition) is 22. The molecule has 0 heterocycles. The number of nitrogens with one attached hydrogen (secondary N) is 2. The second kappa shape index (κ2) is 59.2. The number of hydrogen-bond donors (Lipinski definition) is 2. The van der Waals surface area contributed by atoms with Crippen LogP contribution in [0.1, 0.15) is 25.7 Å². The molecule has 0 spiro atoms. The van der Waals surface area contributed by atoms with Gasteiger partial charge >= 0.3 is 0 Å². The van der Waals surface area contributed by atoms with Gasteiger partial charge in [0.15, 0.2) is 0 Å². The van der Waals surface area contributed by atoms with Gasteiger partial charge in [0.25, 0.3) is 0 Å². The molecule has 0 saturated carbocycles. The summed E-state index contributed by atoms with van der Waals surface area (Å²) in [6.45, 7) is 8.83. The summed E-state index contributed by atoms with van der Waals surface area (Å²) in [5, 5.41) is 19.1. The van der Waals surface area contributed by atoms with Crippen LogP contribution in [-0.2, 0) is 76.0 Å². The zero-order valence-electron chi connectivity index (χ0n) is 44.1. The molecule has 434 valence electrons. The summed E-state index contributed by atoms with van der Waals surface area (Å²) in [7, 11) is 0. The number of rotatable bonds is 61. The van der Waals surface area contributed by atoms with E-state index in [9.17, 15) is 19.2 Å². The van der Waals surface area contributed by atoms with Crippen LogP contribution in [0.2, 0.25) is 0 Å². The Balaban J connectivity index is 5.31. The van der Waals surface area contributed by atoms with E-state index in [0.717, 1.165) is 0 Å². The van der Waals surface area contributed by atoms with Crippen LogP contribution in [0, 0.1) is 0 Å². The SMILES string of the molecule is [N-]=[N+]=NCCOCCOCCOCCCC(=O)CN(CCN(CC(=O)NCCOCCOCCOCCN=[N+]=[N-])CC(=O)NCCOCCOCCOCCN=[N+]=[N-])CC(=O)CCCOCCOCCOCCN=[N+]=[N-]. The minimum atomic E-state index is -0.365. The highest BCUT2D eigenvalue weighted by Crippen LogP contribution is 2.03. The largest absolute Gasteiger partial charge is 0.379 e. The molecule has 0 aromatic carbocycles. The van der Waals surface area contributed by atoms with Crippen LogP contribution in [0.15, 0.2) is 20.5 Å². The fourth-order valence-corrected chi connectivity index (χ4v) is 5.92. The molecule has 0 rings (SSSR count). The summed E-state index contributed by atoms with van der Waals surface area (Å²) < 4.78 is 65.3. The first-order valence-corrected chi connectivity index (χ1v) is 25.3. The van der Waals surface area contributed by atoms with E-state index < -0.39 is 0 Å². The average molecular weight is 1090 g/mol. The minimum absolute atomic E-state index is 0.0408. The number of carbonyl (C=O) groups excluding carboxylic acids is 4. The molecule has 0 aliphatic carbocycles. The Labute approximate surface area is 444 Å². The number of nitrogens with zero attached hydrogens (tertiary/aromatic N) is 14. The van der Waals surface area contributed by atoms with Crippen molar-refractivity contribution in [1.29, 1.82) is 0 Å². The molecule has 0 radical (unpaired) electrons. The smallest absolute Gasteiger partial charge is 0.234 e. The molecule has 76 heavy (non-hydrogen) atoms. The second-order valence-corrected chi connectivity index (χ2v) is 15.6. The van der Waals surface area contributed by atoms with Gasteiger partial charge < -0.3 is 67.5 Å². The van der Waals surface area contributed by atoms with Crippen molar-refractivity contribution in [2.75, 3.05) is 237 Å². The zero-order valence-corrected chi connectivity index (χ0v) is 44.1. The highest BCUT2D eigenvalue weighted by molar-refractivity contribution is 5.83. The molecule has 0 saturated heterocycles. The molecular weight excluding hydrogens is 1010 g/mol. The normalized spacial score (nSPS) is 10.9. The molecule has 0 aromatic rings. The Morgan fingerprint density at radius 3 is 0.842 bits per heavy atom. The monoisotopic (exact) mass is 1090 g/mol. The summed E-state index contributed by atoms with van der Waals surface area (Å²) in [5.41, 5.74) is 33.2. The molecule has 0 atom stereocenters. The van der Waals surface area contributed by atoms with Crippen LogP contribution in [0.5, 0.6) is 0 Å². The lowest BCUT2D eigenvalue weighted by Gasteiger charge is -2.26. The quantitative estimate of drug-likeness (QED) is 0.0380. The van der Waals surface area contributed by atoms with Gasteiger partial charge in [-0.25, -0.2) is 0 Å². The van der Waals surface area contributed by atoms with Gasteiger partial charge in [0.05, 0.1) is 172 Å². The molecule has 2 amide bonds. The Bertz CT molecular complexity index is 1410. The second-order valence-electron chi connectivity index (χ2n) is 15.6. The van der Waals surface area contributed by atoms with Crippen molar-refractivity contribution in [2.24, 2.45) is 20.5 Å². The topological polar surface area (TPSA) is 405 Å². The molecule has 32 nitrogen and oxygen atoms in total. The standard InChI is InChI=1S/C44H82N16O16/c45-55-51-7-17-69-25-33-73-29-21-65-13-1-3-41(61)37-59(38-42(62)4-2-14-66-22-30-74-34-26-70-18-8-52-56-46)11-12-60(39-43(63)49-5-15-67-23-31-75-35-27-71-19-9-53-57-47)40-44(64)50-6-16-68-24-32-76-36-28-72-20-10-54-58-48/h1-40H2,(H,49,63)(H,50,64). The molecule has 0 aliphatic rings. The Morgan fingerprint density at radius 1 is 0.329 bits per heavy atom. The first-order chi connectivity index (χ1) is 37.4. The van der Waals surface area contributed by atoms with Crippen molar-refractivity contribution in [3.05, 3.63) is 41.8 Å². The van der Waals surface area contributed by atoms with Gasteiger partial charge in [-0.15, -0.1) is 0 Å². The summed E-state index contributed by atoms with van der Waals surface area (Å²) in [6.07, 6.45) is 1.28. The maximum absolute atomic E-state index is 13.3. The van der Waals surface area contributed by atoms with Crippen LogP contribution >= 0.6 is 0 Å². The van der Waals surface area contributed by atoms with E-state index in [-0.39, 0.29) is 141 Å². The summed E-state index contributed by atoms with van der Waals surface area (Å²) in [5.74, 6) is -0.955. The Hall–Kier alpha value is -5.04. The summed E-state index contributed by atoms with van der Waals surface area (Å²) >= 11 is 0. The Morgan fingerprint density at radius 2 is 0.566 bits per heavy atom. The molecule has 0 unspecified atom stereocenters. The molecular formula is C44H82N16O16. The van der Waals surface area contributed by atoms with Crippen LogP contribution in [0.3, 0.4) is 0 Å². The average Bonchev–Trinajstić information content (AvgIpc) is 3.40. The van der Waals surface area contributed by atoms with Crippen LogP contribution in [-0.4, -0.2) is 270 Å². The van der Waals surface area contributed by atoms with Crippen LogP contribution in [0.25, 0.3) is 41.8 Å². The molecule has 0 aliphatic heterocycles. The third kappa shape index (κ3) is 55.2. The van der Waals surface area contributed by atoms with E-state index in [1.54, 1.807) is 9.80 Å². The number of ether oxygens (including phenoxy) is 12. The van der Waals surface area contributed by atoms with Gasteiger partial charge in [0, 0.05) is 98.1 Å². The van der Waals surface area contributed by atoms with E-state index in [4.69, 9.17) is 79.0 Å². The highest BCUT2D eigenvalue weighted by atomic mass is 16.6. The minimum Gasteiger partial charge on any atom is -0.379 e. The number of Topliss-reactive ketones (excluding diaryl/α,β-unsaturated/α-hetero) is 2. The maximum atomic E-state index is 13.3. The van der Waals surface area contributed by atoms with Gasteiger partial charge in [-0.2, -0.15) is 0 Å². The summed E-state index contributed by atoms with van der Waals surface area (Å²) in [4.78, 5) is 66.9. The number of carbonyl (C=O) groups is 4. The first kappa shape index (κ1) is 71.0. The van der Waals surface area contributed by atoms with E-state index in [2.05, 4.69) is 50.7 Å². The van der Waals surface area contributed by atoms with Gasteiger partial charge in [0.1, 0.15) is 11.6 Å². The fraction of sp³-hybridized carbons (Fsp3) is 0.909. The van der Waals surface area contributed by atoms with Crippen molar-refractivity contribution in [1.82, 2.24) is 20.4 Å². The van der Waals surface area contributed by atoms with Gasteiger partial charge in [-0.3, -0.25) is 29.0 Å². The van der Waals surface area contributed by atoms with Crippen molar-refractivity contribution in [2.45, 2.75) is 25.7 Å². The molecule has 2 N–H and O–H groups in total. The van der Waals surface area contributed by atoms with Crippen molar-refractivity contribution in [3.63, 3.8) is 0 Å². The molecule has 32 heteroatoms. The third-order valence-electron chi connectivity index (χ3n) is 9.46. The molecule has 0 bridgehead atoms. The maximum Gasteiger partial charge on any atom is 0.234 e. The van der Waals surface area contributed by atoms with E-state index in [1.165, 1.54) is 0 Å². The zero-order chi connectivity index (χ0) is 55.3. The van der Waals surface area contributed by atoms with Crippen molar-refractivity contribution >= 4 is 23.4 Å². The lowest BCUT2D eigenvalue weighted by atomic mass is 10.2. The number of ketones is 2. The van der Waals surface area contributed by atoms with Gasteiger partial charge in [0.2, 0.25) is 11.8 Å². The van der Waals surface area contributed by atoms with Crippen LogP contribution < -0.4 is 10.6 Å². The van der Waals surface area contributed by atoms with Crippen LogP contribution in [0.4, 0.5) is 0 Å². The predicted molar refractivity (Wildman–Crippen MR) is 273 cm³/mol. The van der Waals surface area contributed by atoms with E-state index in [0.29, 0.717) is 145 Å². The molecule has 0 fully saturated rings. The Kier molecular flexibility index (Phi) is 55.3. The first-order valence-electron chi connectivity index (χ1n) is 25.3. The highest BCUT2D eigenvalue weighted by Gasteiger charge is 2.20. The summed E-state index contributed by atoms with van der Waals surface area (Å²) in [6, 6.07) is 0. The predicted octanol–water partition coefficient (Wildman–Crippen LogP) is 1.96. The fourth-order valence-electron chi connectivity index (χ4n) is 5.92. The van der Waals surface area contributed by atoms with E-state index in [1.807, 2.05) is 0 Å². The third-order valence-corrected chi connectivity index (χ3v) is 9.46. The molecule has 0 aromatic heterocycles. The number of azide groups is 4. The van der Waals surface area contributed by atoms with Crippen molar-refractivity contribution in [3.8, 4) is 0 Å².